The topological polar surface area (TPSA) is 92.3 Å². The summed E-state index contributed by atoms with van der Waals surface area (Å²) in [6, 6.07) is 29.3. The molecule has 4 rings (SSSR count). The molecule has 0 heterocycles. The van der Waals surface area contributed by atoms with Crippen LogP contribution < -0.4 is 19.5 Å². The smallest absolute Gasteiger partial charge is 0.305 e. The molecule has 8 nitrogen and oxygen atoms in total. The van der Waals surface area contributed by atoms with E-state index in [2.05, 4.69) is 5.32 Å². The minimum absolute atomic E-state index is 0.116. The van der Waals surface area contributed by atoms with Gasteiger partial charge >= 0.3 is 5.97 Å². The highest BCUT2D eigenvalue weighted by atomic mass is 16.7. The van der Waals surface area contributed by atoms with Gasteiger partial charge in [-0.05, 0) is 46.9 Å². The summed E-state index contributed by atoms with van der Waals surface area (Å²) in [7, 11) is 2.99. The Morgan fingerprint density at radius 2 is 1.44 bits per heavy atom. The van der Waals surface area contributed by atoms with Gasteiger partial charge in [0.1, 0.15) is 12.4 Å². The van der Waals surface area contributed by atoms with E-state index in [1.165, 1.54) is 21.1 Å². The highest BCUT2D eigenvalue weighted by Crippen LogP contribution is 2.33. The average Bonchev–Trinajstić information content (AvgIpc) is 3.02. The number of methoxy groups -OCH3 is 2. The van der Waals surface area contributed by atoms with Gasteiger partial charge in [0.2, 0.25) is 12.2 Å². The summed E-state index contributed by atoms with van der Waals surface area (Å²) in [4.78, 5) is 25.2. The fourth-order valence-electron chi connectivity index (χ4n) is 4.40. The number of amides is 1. The average molecular weight is 586 g/mol. The second-order valence-corrected chi connectivity index (χ2v) is 9.61. The summed E-state index contributed by atoms with van der Waals surface area (Å²) in [5.41, 5.74) is 3.31. The number of hydrogen-bond acceptors (Lipinski definition) is 7. The molecule has 0 radical (unpaired) electrons. The second kappa shape index (κ2) is 16.0. The Morgan fingerprint density at radius 1 is 0.767 bits per heavy atom. The number of benzene rings is 4. The van der Waals surface area contributed by atoms with E-state index in [1.807, 2.05) is 60.7 Å². The molecule has 0 aliphatic rings. The monoisotopic (exact) mass is 585 g/mol. The van der Waals surface area contributed by atoms with Crippen LogP contribution in [0.5, 0.6) is 17.2 Å². The zero-order valence-electron chi connectivity index (χ0n) is 26.5. The zero-order chi connectivity index (χ0) is 32.2. The van der Waals surface area contributed by atoms with Gasteiger partial charge in [-0.3, -0.25) is 9.59 Å². The van der Waals surface area contributed by atoms with Gasteiger partial charge in [-0.25, -0.2) is 0 Å². The Kier molecular flexibility index (Phi) is 10.5. The molecule has 0 aliphatic heterocycles. The molecule has 1 atom stereocenters. The van der Waals surface area contributed by atoms with E-state index in [9.17, 15) is 9.59 Å². The number of aryl methyl sites for hydroxylation is 1. The Balaban J connectivity index is 1.46. The standard InChI is InChI=1S/C35H37NO7/c1-25(37)43-35(42-24-28-13-8-5-9-14-28)34-29(15-10-16-31(34)39-2)22-33(38)36-20-19-26-17-18-30(32(21-26)40-3)41-23-27-11-6-4-7-12-27/h4-18,21,35H,19-20,22-24H2,1-3H3,(H,36,38)/i20D2. The molecule has 4 aromatic rings. The third-order valence-electron chi connectivity index (χ3n) is 6.47. The molecule has 8 heteroatoms. The number of rotatable bonds is 15. The molecule has 0 aromatic heterocycles. The molecule has 1 N–H and O–H groups in total. The molecule has 1 unspecified atom stereocenters. The Bertz CT molecular complexity index is 1570. The first-order valence-electron chi connectivity index (χ1n) is 14.8. The molecule has 224 valence electrons. The van der Waals surface area contributed by atoms with Crippen molar-refractivity contribution in [1.29, 1.82) is 0 Å². The van der Waals surface area contributed by atoms with Gasteiger partial charge in [0.05, 0.1) is 32.8 Å². The van der Waals surface area contributed by atoms with Crippen molar-refractivity contribution in [3.05, 3.63) is 125 Å². The zero-order valence-corrected chi connectivity index (χ0v) is 24.5. The van der Waals surface area contributed by atoms with Crippen molar-refractivity contribution in [2.75, 3.05) is 20.7 Å². The van der Waals surface area contributed by atoms with E-state index in [0.29, 0.717) is 40.5 Å². The lowest BCUT2D eigenvalue weighted by Gasteiger charge is -2.23. The molecule has 43 heavy (non-hydrogen) atoms. The maximum Gasteiger partial charge on any atom is 0.305 e. The number of hydrogen-bond donors (Lipinski definition) is 1. The Hall–Kier alpha value is -4.82. The van der Waals surface area contributed by atoms with Crippen LogP contribution in [0.1, 0.15) is 43.8 Å². The summed E-state index contributed by atoms with van der Waals surface area (Å²) in [5, 5.41) is 2.49. The van der Waals surface area contributed by atoms with Crippen LogP contribution in [-0.4, -0.2) is 32.6 Å². The third kappa shape index (κ3) is 9.34. The van der Waals surface area contributed by atoms with Crippen molar-refractivity contribution >= 4 is 11.9 Å². The van der Waals surface area contributed by atoms with Gasteiger partial charge in [0.25, 0.3) is 0 Å². The van der Waals surface area contributed by atoms with Crippen molar-refractivity contribution in [1.82, 2.24) is 5.32 Å². The minimum atomic E-state index is -2.09. The van der Waals surface area contributed by atoms with Crippen LogP contribution >= 0.6 is 0 Å². The summed E-state index contributed by atoms with van der Waals surface area (Å²) < 4.78 is 45.5. The van der Waals surface area contributed by atoms with E-state index in [4.69, 9.17) is 26.4 Å². The van der Waals surface area contributed by atoms with Crippen LogP contribution in [-0.2, 0) is 45.1 Å². The van der Waals surface area contributed by atoms with Crippen LogP contribution in [0.25, 0.3) is 0 Å². The van der Waals surface area contributed by atoms with Gasteiger partial charge < -0.3 is 29.0 Å². The van der Waals surface area contributed by atoms with Gasteiger partial charge in [-0.1, -0.05) is 78.9 Å². The van der Waals surface area contributed by atoms with E-state index in [0.717, 1.165) is 11.1 Å². The van der Waals surface area contributed by atoms with Gasteiger partial charge in [-0.15, -0.1) is 0 Å². The first kappa shape index (κ1) is 28.3. The summed E-state index contributed by atoms with van der Waals surface area (Å²) in [6.07, 6.45) is -1.49. The first-order valence-corrected chi connectivity index (χ1v) is 13.8. The Morgan fingerprint density at radius 3 is 2.09 bits per heavy atom. The summed E-state index contributed by atoms with van der Waals surface area (Å²) in [6.45, 7) is -0.321. The molecule has 0 saturated heterocycles. The van der Waals surface area contributed by atoms with Crippen molar-refractivity contribution in [2.24, 2.45) is 0 Å². The highest BCUT2D eigenvalue weighted by Gasteiger charge is 2.25. The molecular formula is C35H37NO7. The predicted molar refractivity (Wildman–Crippen MR) is 163 cm³/mol. The molecule has 0 bridgehead atoms. The molecule has 0 fully saturated rings. The van der Waals surface area contributed by atoms with Crippen molar-refractivity contribution in [3.63, 3.8) is 0 Å². The quantitative estimate of drug-likeness (QED) is 0.136. The number of carbonyl (C=O) groups is 2. The minimum Gasteiger partial charge on any atom is -0.496 e. The molecule has 0 saturated carbocycles. The normalized spacial score (nSPS) is 12.3. The van der Waals surface area contributed by atoms with Crippen molar-refractivity contribution in [2.45, 2.75) is 39.3 Å². The van der Waals surface area contributed by atoms with E-state index >= 15 is 0 Å². The first-order chi connectivity index (χ1) is 21.7. The van der Waals surface area contributed by atoms with Gasteiger partial charge in [-0.2, -0.15) is 0 Å². The van der Waals surface area contributed by atoms with Gasteiger partial charge in [0.15, 0.2) is 11.5 Å². The lowest BCUT2D eigenvalue weighted by Crippen LogP contribution is -2.28. The predicted octanol–water partition coefficient (Wildman–Crippen LogP) is 5.96. The molecular weight excluding hydrogens is 546 g/mol. The number of carbonyl (C=O) groups excluding carboxylic acids is 2. The molecule has 0 aliphatic carbocycles. The fourth-order valence-corrected chi connectivity index (χ4v) is 4.40. The maximum atomic E-state index is 13.2. The third-order valence-corrected chi connectivity index (χ3v) is 6.47. The lowest BCUT2D eigenvalue weighted by atomic mass is 10.0. The van der Waals surface area contributed by atoms with Crippen LogP contribution in [0.2, 0.25) is 0 Å². The summed E-state index contributed by atoms with van der Waals surface area (Å²) >= 11 is 0. The molecule has 0 spiro atoms. The number of ether oxygens (including phenoxy) is 5. The van der Waals surface area contributed by atoms with Crippen LogP contribution in [0.3, 0.4) is 0 Å². The fraction of sp³-hybridized carbons (Fsp3) is 0.257. The van der Waals surface area contributed by atoms with Gasteiger partial charge in [0, 0.05) is 16.2 Å². The van der Waals surface area contributed by atoms with E-state index < -0.39 is 24.7 Å². The lowest BCUT2D eigenvalue weighted by molar-refractivity contribution is -0.181. The van der Waals surface area contributed by atoms with Crippen LogP contribution in [0, 0.1) is 0 Å². The number of nitrogens with one attached hydrogen (secondary N) is 1. The SMILES string of the molecule is [2H]C([2H])(Cc1ccc(OCc2ccccc2)c(OC)c1)NC(=O)Cc1cccc(OC)c1C(OCc1ccccc1)OC(C)=O. The summed E-state index contributed by atoms with van der Waals surface area (Å²) in [5.74, 6) is 0.200. The second-order valence-electron chi connectivity index (χ2n) is 9.61. The van der Waals surface area contributed by atoms with E-state index in [-0.39, 0.29) is 19.4 Å². The largest absolute Gasteiger partial charge is 0.496 e. The van der Waals surface area contributed by atoms with Crippen LogP contribution in [0.15, 0.2) is 97.1 Å². The highest BCUT2D eigenvalue weighted by molar-refractivity contribution is 5.79. The number of esters is 1. The molecule has 4 aromatic carbocycles. The van der Waals surface area contributed by atoms with Crippen molar-refractivity contribution < 1.29 is 36.0 Å². The maximum absolute atomic E-state index is 13.2. The van der Waals surface area contributed by atoms with Crippen LogP contribution in [0.4, 0.5) is 0 Å². The molecule has 1 amide bonds. The van der Waals surface area contributed by atoms with Crippen molar-refractivity contribution in [3.8, 4) is 17.2 Å². The Labute approximate surface area is 255 Å². The van der Waals surface area contributed by atoms with E-state index in [1.54, 1.807) is 36.4 Å².